The SMILES string of the molecule is Clc1ccc(-c2ccc(I)s2)cc1. The van der Waals surface area contributed by atoms with Gasteiger partial charge in [0, 0.05) is 9.90 Å². The Labute approximate surface area is 99.7 Å². The van der Waals surface area contributed by atoms with Crippen molar-refractivity contribution in [3.05, 3.63) is 44.3 Å². The number of halogens is 2. The molecule has 0 nitrogen and oxygen atoms in total. The molecule has 0 atom stereocenters. The van der Waals surface area contributed by atoms with Crippen molar-refractivity contribution in [3.8, 4) is 10.4 Å². The molecule has 0 spiro atoms. The summed E-state index contributed by atoms with van der Waals surface area (Å²) in [6.45, 7) is 0. The van der Waals surface area contributed by atoms with E-state index in [4.69, 9.17) is 11.6 Å². The molecule has 1 aromatic heterocycles. The van der Waals surface area contributed by atoms with Crippen LogP contribution in [0.4, 0.5) is 0 Å². The van der Waals surface area contributed by atoms with Gasteiger partial charge in [0.2, 0.25) is 0 Å². The molecule has 2 aromatic rings. The molecule has 0 fully saturated rings. The molecule has 0 unspecified atom stereocenters. The average Bonchev–Trinajstić information content (AvgIpc) is 2.53. The maximum absolute atomic E-state index is 5.81. The first-order valence-electron chi connectivity index (χ1n) is 3.77. The van der Waals surface area contributed by atoms with E-state index in [1.807, 2.05) is 24.3 Å². The first kappa shape index (κ1) is 9.49. The number of hydrogen-bond donors (Lipinski definition) is 0. The molecule has 0 saturated heterocycles. The Morgan fingerprint density at radius 3 is 2.23 bits per heavy atom. The average molecular weight is 321 g/mol. The Hall–Kier alpha value is -0.0600. The van der Waals surface area contributed by atoms with E-state index in [9.17, 15) is 0 Å². The first-order valence-corrected chi connectivity index (χ1v) is 6.04. The fourth-order valence-corrected chi connectivity index (χ4v) is 2.84. The molecular formula is C10H6ClIS. The lowest BCUT2D eigenvalue weighted by Gasteiger charge is -1.95. The van der Waals surface area contributed by atoms with Crippen LogP contribution >= 0.6 is 45.5 Å². The van der Waals surface area contributed by atoms with E-state index in [1.165, 1.54) is 13.3 Å². The Kier molecular flexibility index (Phi) is 2.91. The minimum absolute atomic E-state index is 0.787. The van der Waals surface area contributed by atoms with Crippen molar-refractivity contribution >= 4 is 45.5 Å². The number of thiophene rings is 1. The summed E-state index contributed by atoms with van der Waals surface area (Å²) in [5.74, 6) is 0. The van der Waals surface area contributed by atoms with Gasteiger partial charge in [-0.1, -0.05) is 23.7 Å². The fourth-order valence-electron chi connectivity index (χ4n) is 1.08. The molecule has 66 valence electrons. The van der Waals surface area contributed by atoms with Gasteiger partial charge in [-0.05, 0) is 52.4 Å². The Morgan fingerprint density at radius 2 is 1.69 bits per heavy atom. The molecular weight excluding hydrogens is 315 g/mol. The van der Waals surface area contributed by atoms with Gasteiger partial charge in [-0.25, -0.2) is 0 Å². The third kappa shape index (κ3) is 2.24. The van der Waals surface area contributed by atoms with Crippen LogP contribution in [0.1, 0.15) is 0 Å². The minimum Gasteiger partial charge on any atom is -0.129 e. The number of hydrogen-bond acceptors (Lipinski definition) is 1. The number of rotatable bonds is 1. The normalized spacial score (nSPS) is 10.3. The van der Waals surface area contributed by atoms with Crippen molar-refractivity contribution in [2.24, 2.45) is 0 Å². The zero-order valence-electron chi connectivity index (χ0n) is 6.63. The fraction of sp³-hybridized carbons (Fsp3) is 0. The van der Waals surface area contributed by atoms with Crippen LogP contribution < -0.4 is 0 Å². The summed E-state index contributed by atoms with van der Waals surface area (Å²) >= 11 is 9.92. The molecule has 13 heavy (non-hydrogen) atoms. The van der Waals surface area contributed by atoms with E-state index < -0.39 is 0 Å². The summed E-state index contributed by atoms with van der Waals surface area (Å²) < 4.78 is 1.31. The highest BCUT2D eigenvalue weighted by Crippen LogP contribution is 2.29. The second-order valence-corrected chi connectivity index (χ2v) is 6.03. The van der Waals surface area contributed by atoms with Crippen molar-refractivity contribution in [2.45, 2.75) is 0 Å². The van der Waals surface area contributed by atoms with Gasteiger partial charge in [-0.15, -0.1) is 11.3 Å². The Balaban J connectivity index is 2.41. The van der Waals surface area contributed by atoms with Crippen LogP contribution in [0.2, 0.25) is 5.02 Å². The molecule has 3 heteroatoms. The van der Waals surface area contributed by atoms with Crippen LogP contribution in [0, 0.1) is 2.88 Å². The van der Waals surface area contributed by atoms with Crippen LogP contribution in [0.3, 0.4) is 0 Å². The summed E-state index contributed by atoms with van der Waals surface area (Å²) in [4.78, 5) is 1.29. The highest BCUT2D eigenvalue weighted by Gasteiger charge is 2.00. The van der Waals surface area contributed by atoms with Crippen molar-refractivity contribution in [1.82, 2.24) is 0 Å². The van der Waals surface area contributed by atoms with Gasteiger partial charge < -0.3 is 0 Å². The van der Waals surface area contributed by atoms with Gasteiger partial charge in [-0.3, -0.25) is 0 Å². The van der Waals surface area contributed by atoms with Crippen molar-refractivity contribution < 1.29 is 0 Å². The summed E-state index contributed by atoms with van der Waals surface area (Å²) in [6, 6.07) is 12.2. The third-order valence-electron chi connectivity index (χ3n) is 1.70. The predicted molar refractivity (Wildman–Crippen MR) is 67.5 cm³/mol. The van der Waals surface area contributed by atoms with Crippen LogP contribution in [0.5, 0.6) is 0 Å². The van der Waals surface area contributed by atoms with Gasteiger partial charge >= 0.3 is 0 Å². The van der Waals surface area contributed by atoms with Crippen molar-refractivity contribution in [1.29, 1.82) is 0 Å². The van der Waals surface area contributed by atoms with Crippen LogP contribution in [0.15, 0.2) is 36.4 Å². The summed E-state index contributed by atoms with van der Waals surface area (Å²) in [5, 5.41) is 0.787. The molecule has 0 radical (unpaired) electrons. The topological polar surface area (TPSA) is 0 Å². The van der Waals surface area contributed by atoms with Crippen molar-refractivity contribution in [3.63, 3.8) is 0 Å². The van der Waals surface area contributed by atoms with E-state index >= 15 is 0 Å². The second kappa shape index (κ2) is 3.98. The largest absolute Gasteiger partial charge is 0.129 e. The molecule has 0 aliphatic carbocycles. The highest BCUT2D eigenvalue weighted by molar-refractivity contribution is 14.1. The minimum atomic E-state index is 0.787. The second-order valence-electron chi connectivity index (χ2n) is 2.61. The van der Waals surface area contributed by atoms with E-state index in [0.717, 1.165) is 5.02 Å². The quantitative estimate of drug-likeness (QED) is 0.670. The monoisotopic (exact) mass is 320 g/mol. The van der Waals surface area contributed by atoms with Gasteiger partial charge in [0.25, 0.3) is 0 Å². The first-order chi connectivity index (χ1) is 6.25. The smallest absolute Gasteiger partial charge is 0.0660 e. The molecule has 0 aliphatic heterocycles. The van der Waals surface area contributed by atoms with E-state index in [0.29, 0.717) is 0 Å². The zero-order valence-corrected chi connectivity index (χ0v) is 10.4. The molecule has 0 saturated carbocycles. The van der Waals surface area contributed by atoms with Gasteiger partial charge in [-0.2, -0.15) is 0 Å². The summed E-state index contributed by atoms with van der Waals surface area (Å²) in [5.41, 5.74) is 1.23. The molecule has 0 bridgehead atoms. The van der Waals surface area contributed by atoms with Crippen LogP contribution in [-0.2, 0) is 0 Å². The summed E-state index contributed by atoms with van der Waals surface area (Å²) in [6.07, 6.45) is 0. The van der Waals surface area contributed by atoms with Crippen molar-refractivity contribution in [2.75, 3.05) is 0 Å². The van der Waals surface area contributed by atoms with Gasteiger partial charge in [0.1, 0.15) is 0 Å². The lowest BCUT2D eigenvalue weighted by Crippen LogP contribution is -1.69. The predicted octanol–water partition coefficient (Wildman–Crippen LogP) is 4.67. The number of benzene rings is 1. The van der Waals surface area contributed by atoms with Crippen LogP contribution in [0.25, 0.3) is 10.4 Å². The van der Waals surface area contributed by atoms with Gasteiger partial charge in [0.15, 0.2) is 0 Å². The zero-order chi connectivity index (χ0) is 9.26. The van der Waals surface area contributed by atoms with Crippen LogP contribution in [-0.4, -0.2) is 0 Å². The Morgan fingerprint density at radius 1 is 1.00 bits per heavy atom. The standard InChI is InChI=1S/C10H6ClIS/c11-8-3-1-7(2-4-8)9-5-6-10(12)13-9/h1-6H. The Bertz CT molecular complexity index is 405. The third-order valence-corrected chi connectivity index (χ3v) is 3.90. The lowest BCUT2D eigenvalue weighted by atomic mass is 10.2. The molecule has 1 aromatic carbocycles. The highest BCUT2D eigenvalue weighted by atomic mass is 127. The maximum Gasteiger partial charge on any atom is 0.0660 e. The van der Waals surface area contributed by atoms with Gasteiger partial charge in [0.05, 0.1) is 2.88 Å². The molecule has 0 aliphatic rings. The summed E-state index contributed by atoms with van der Waals surface area (Å²) in [7, 11) is 0. The molecule has 0 amide bonds. The van der Waals surface area contributed by atoms with E-state index in [2.05, 4.69) is 34.7 Å². The molecule has 1 heterocycles. The van der Waals surface area contributed by atoms with E-state index in [-0.39, 0.29) is 0 Å². The molecule has 2 rings (SSSR count). The molecule has 0 N–H and O–H groups in total. The lowest BCUT2D eigenvalue weighted by molar-refractivity contribution is 1.70. The maximum atomic E-state index is 5.81. The van der Waals surface area contributed by atoms with E-state index in [1.54, 1.807) is 11.3 Å².